The van der Waals surface area contributed by atoms with Crippen molar-refractivity contribution in [3.8, 4) is 0 Å². The van der Waals surface area contributed by atoms with E-state index in [9.17, 15) is 18.0 Å². The lowest BCUT2D eigenvalue weighted by molar-refractivity contribution is -0.137. The summed E-state index contributed by atoms with van der Waals surface area (Å²) < 4.78 is 41.9. The van der Waals surface area contributed by atoms with Crippen LogP contribution >= 0.6 is 0 Å². The van der Waals surface area contributed by atoms with Gasteiger partial charge in [0.25, 0.3) is 15.7 Å². The van der Waals surface area contributed by atoms with Crippen molar-refractivity contribution in [2.75, 3.05) is 19.4 Å². The van der Waals surface area contributed by atoms with E-state index in [-0.39, 0.29) is 13.2 Å². The van der Waals surface area contributed by atoms with Gasteiger partial charge in [0.1, 0.15) is 11.7 Å². The largest absolute Gasteiger partial charge is 0.369 e. The van der Waals surface area contributed by atoms with Crippen LogP contribution in [0.1, 0.15) is 17.4 Å². The zero-order valence-corrected chi connectivity index (χ0v) is 17.3. The minimum absolute atomic E-state index is 0.262. The van der Waals surface area contributed by atoms with Crippen molar-refractivity contribution >= 4 is 10.1 Å². The highest BCUT2D eigenvalue weighted by molar-refractivity contribution is 7.85. The molecule has 0 radical (unpaired) electrons. The molecule has 2 fully saturated rings. The maximum absolute atomic E-state index is 12.4. The first-order valence-electron chi connectivity index (χ1n) is 9.42. The molecule has 30 heavy (non-hydrogen) atoms. The molecule has 2 bridgehead atoms. The number of benzene rings is 1. The summed E-state index contributed by atoms with van der Waals surface area (Å²) in [6.45, 7) is 1.89. The quantitative estimate of drug-likeness (QED) is 0.563. The lowest BCUT2D eigenvalue weighted by atomic mass is 10.00. The van der Waals surface area contributed by atoms with Gasteiger partial charge >= 0.3 is 5.69 Å². The summed E-state index contributed by atoms with van der Waals surface area (Å²) in [6.07, 6.45) is 1.01. The standard InChI is InChI=1S/C19H23N3O7S/c1-12-8-22(18(24)21-16(12)23)17-14-15(27-9-13-6-4-3-5-7-13)19(29-17,10-20-14)11-28-30(2,25)26/h3-8,14-15,17,20H,9-11H2,1-2H3,(H,21,23,24)/t14-,15-,17-,19-/m1/s1. The van der Waals surface area contributed by atoms with Crippen molar-refractivity contribution in [1.82, 2.24) is 14.9 Å². The maximum atomic E-state index is 12.4. The summed E-state index contributed by atoms with van der Waals surface area (Å²) in [5.74, 6) is 0. The molecule has 4 atom stereocenters. The summed E-state index contributed by atoms with van der Waals surface area (Å²) >= 11 is 0. The fourth-order valence-electron chi connectivity index (χ4n) is 3.89. The summed E-state index contributed by atoms with van der Waals surface area (Å²) in [5.41, 5.74) is -0.914. The highest BCUT2D eigenvalue weighted by atomic mass is 32.2. The average molecular weight is 437 g/mol. The molecule has 2 saturated heterocycles. The van der Waals surface area contributed by atoms with Crippen molar-refractivity contribution in [3.63, 3.8) is 0 Å². The molecule has 4 rings (SSSR count). The predicted molar refractivity (Wildman–Crippen MR) is 107 cm³/mol. The van der Waals surface area contributed by atoms with E-state index in [1.54, 1.807) is 6.92 Å². The number of morpholine rings is 1. The minimum Gasteiger partial charge on any atom is -0.369 e. The summed E-state index contributed by atoms with van der Waals surface area (Å²) in [4.78, 5) is 26.4. The Bertz CT molecular complexity index is 1140. The molecule has 1 aromatic heterocycles. The van der Waals surface area contributed by atoms with Crippen LogP contribution in [0.5, 0.6) is 0 Å². The number of rotatable bonds is 7. The van der Waals surface area contributed by atoms with E-state index in [0.29, 0.717) is 12.1 Å². The number of fused-ring (bicyclic) bond motifs is 2. The molecule has 0 spiro atoms. The van der Waals surface area contributed by atoms with E-state index in [1.165, 1.54) is 10.8 Å². The summed E-state index contributed by atoms with van der Waals surface area (Å²) in [6, 6.07) is 9.07. The fraction of sp³-hybridized carbons (Fsp3) is 0.474. The van der Waals surface area contributed by atoms with Gasteiger partial charge in [0.15, 0.2) is 6.23 Å². The predicted octanol–water partition coefficient (Wildman–Crippen LogP) is -0.354. The van der Waals surface area contributed by atoms with Gasteiger partial charge in [-0.3, -0.25) is 18.5 Å². The third kappa shape index (κ3) is 3.98. The summed E-state index contributed by atoms with van der Waals surface area (Å²) in [5, 5.41) is 3.25. The monoisotopic (exact) mass is 437 g/mol. The number of nitrogens with zero attached hydrogens (tertiary/aromatic N) is 1. The SMILES string of the molecule is Cc1cn([C@@H]2O[C@@]3(COS(C)(=O)=O)CN[C@@H]2[C@H]3OCc2ccccc2)c(=O)[nH]c1=O. The third-order valence-electron chi connectivity index (χ3n) is 5.35. The second kappa shape index (κ2) is 7.75. The third-order valence-corrected chi connectivity index (χ3v) is 5.90. The Morgan fingerprint density at radius 3 is 2.70 bits per heavy atom. The van der Waals surface area contributed by atoms with Crippen molar-refractivity contribution in [1.29, 1.82) is 0 Å². The van der Waals surface area contributed by atoms with Crippen LogP contribution in [0.3, 0.4) is 0 Å². The average Bonchev–Trinajstić information content (AvgIpc) is 3.20. The topological polar surface area (TPSA) is 129 Å². The van der Waals surface area contributed by atoms with E-state index >= 15 is 0 Å². The number of aromatic amines is 1. The first-order chi connectivity index (χ1) is 14.2. The highest BCUT2D eigenvalue weighted by Gasteiger charge is 2.62. The fourth-order valence-corrected chi connectivity index (χ4v) is 4.31. The molecular weight excluding hydrogens is 414 g/mol. The van der Waals surface area contributed by atoms with Gasteiger partial charge in [-0.1, -0.05) is 30.3 Å². The molecule has 3 heterocycles. The molecule has 2 aliphatic rings. The Labute approximate surface area is 172 Å². The molecule has 0 saturated carbocycles. The Morgan fingerprint density at radius 1 is 1.27 bits per heavy atom. The molecule has 2 aliphatic heterocycles. The smallest absolute Gasteiger partial charge is 0.330 e. The van der Waals surface area contributed by atoms with Gasteiger partial charge in [-0.15, -0.1) is 0 Å². The van der Waals surface area contributed by atoms with E-state index in [0.717, 1.165) is 11.8 Å². The summed E-state index contributed by atoms with van der Waals surface area (Å²) in [7, 11) is -3.71. The van der Waals surface area contributed by atoms with Crippen LogP contribution in [0.25, 0.3) is 0 Å². The minimum atomic E-state index is -3.71. The van der Waals surface area contributed by atoms with Crippen molar-refractivity contribution in [3.05, 3.63) is 68.5 Å². The second-order valence-corrected chi connectivity index (χ2v) is 9.29. The number of aryl methyl sites for hydroxylation is 1. The lowest BCUT2D eigenvalue weighted by Gasteiger charge is -2.31. The van der Waals surface area contributed by atoms with Crippen LogP contribution in [0, 0.1) is 6.92 Å². The number of ether oxygens (including phenoxy) is 2. The van der Waals surface area contributed by atoms with Gasteiger partial charge in [-0.05, 0) is 12.5 Å². The van der Waals surface area contributed by atoms with Gasteiger partial charge in [-0.25, -0.2) is 4.79 Å². The molecule has 1 aromatic carbocycles. The van der Waals surface area contributed by atoms with E-state index < -0.39 is 45.3 Å². The number of hydrogen-bond acceptors (Lipinski definition) is 8. The number of aromatic nitrogens is 2. The number of hydrogen-bond donors (Lipinski definition) is 2. The van der Waals surface area contributed by atoms with Crippen LogP contribution in [0.15, 0.2) is 46.1 Å². The number of H-pyrrole nitrogens is 1. The zero-order chi connectivity index (χ0) is 21.5. The molecule has 0 aliphatic carbocycles. The second-order valence-electron chi connectivity index (χ2n) is 7.64. The first-order valence-corrected chi connectivity index (χ1v) is 11.2. The van der Waals surface area contributed by atoms with Gasteiger partial charge in [0.2, 0.25) is 0 Å². The van der Waals surface area contributed by atoms with E-state index in [2.05, 4.69) is 10.3 Å². The molecule has 0 unspecified atom stereocenters. The van der Waals surface area contributed by atoms with E-state index in [1.807, 2.05) is 30.3 Å². The Morgan fingerprint density at radius 2 is 2.00 bits per heavy atom. The van der Waals surface area contributed by atoms with Crippen LogP contribution < -0.4 is 16.6 Å². The molecule has 11 heteroatoms. The Balaban J connectivity index is 1.65. The molecular formula is C19H23N3O7S. The maximum Gasteiger partial charge on any atom is 0.330 e. The van der Waals surface area contributed by atoms with Crippen molar-refractivity contribution < 1.29 is 22.1 Å². The van der Waals surface area contributed by atoms with Crippen LogP contribution in [0.2, 0.25) is 0 Å². The van der Waals surface area contributed by atoms with Gasteiger partial charge in [0.05, 0.1) is 25.5 Å². The number of nitrogens with one attached hydrogen (secondary N) is 2. The van der Waals surface area contributed by atoms with Gasteiger partial charge < -0.3 is 14.8 Å². The Hall–Kier alpha value is -2.31. The van der Waals surface area contributed by atoms with Crippen molar-refractivity contribution in [2.24, 2.45) is 0 Å². The highest BCUT2D eigenvalue weighted by Crippen LogP contribution is 2.43. The van der Waals surface area contributed by atoms with E-state index in [4.69, 9.17) is 13.7 Å². The molecule has 0 amide bonds. The normalized spacial score (nSPS) is 28.1. The molecule has 2 aromatic rings. The van der Waals surface area contributed by atoms with Crippen LogP contribution in [-0.4, -0.2) is 55.1 Å². The van der Waals surface area contributed by atoms with Gasteiger partial charge in [-0.2, -0.15) is 8.42 Å². The van der Waals surface area contributed by atoms with Crippen LogP contribution in [0.4, 0.5) is 0 Å². The first kappa shape index (κ1) is 20.9. The van der Waals surface area contributed by atoms with Crippen molar-refractivity contribution in [2.45, 2.75) is 37.5 Å². The molecule has 2 N–H and O–H groups in total. The zero-order valence-electron chi connectivity index (χ0n) is 16.5. The Kier molecular flexibility index (Phi) is 5.41. The molecule has 10 nitrogen and oxygen atoms in total. The lowest BCUT2D eigenvalue weighted by Crippen LogP contribution is -2.49. The van der Waals surface area contributed by atoms with Crippen LogP contribution in [-0.2, 0) is 30.4 Å². The molecule has 162 valence electrons. The van der Waals surface area contributed by atoms with Gasteiger partial charge in [0, 0.05) is 18.3 Å².